The number of aryl methyl sites for hydroxylation is 1. The molecule has 1 amide bonds. The Labute approximate surface area is 107 Å². The third-order valence-electron chi connectivity index (χ3n) is 2.72. The van der Waals surface area contributed by atoms with Gasteiger partial charge in [0.25, 0.3) is 5.91 Å². The second-order valence-corrected chi connectivity index (χ2v) is 5.41. The molecule has 0 atom stereocenters. The van der Waals surface area contributed by atoms with E-state index >= 15 is 0 Å². The van der Waals surface area contributed by atoms with E-state index in [4.69, 9.17) is 16.7 Å². The topological polar surface area (TPSA) is 54.3 Å². The van der Waals surface area contributed by atoms with Crippen LogP contribution in [0.25, 0.3) is 0 Å². The molecule has 0 saturated carbocycles. The predicted molar refractivity (Wildman–Crippen MR) is 68.2 cm³/mol. The smallest absolute Gasteiger partial charge is 0.267 e. The first-order valence-corrected chi connectivity index (χ1v) is 5.94. The van der Waals surface area contributed by atoms with Crippen molar-refractivity contribution in [2.75, 3.05) is 13.2 Å². The van der Waals surface area contributed by atoms with Gasteiger partial charge in [-0.1, -0.05) is 25.4 Å². The molecule has 0 aromatic carbocycles. The van der Waals surface area contributed by atoms with Crippen molar-refractivity contribution in [1.82, 2.24) is 9.88 Å². The van der Waals surface area contributed by atoms with Crippen LogP contribution in [0.4, 0.5) is 0 Å². The summed E-state index contributed by atoms with van der Waals surface area (Å²) in [7, 11) is 1.78. The minimum absolute atomic E-state index is 0.112. The average molecular weight is 259 g/mol. The lowest BCUT2D eigenvalue weighted by Gasteiger charge is -2.23. The zero-order valence-electron chi connectivity index (χ0n) is 10.5. The van der Waals surface area contributed by atoms with E-state index in [1.807, 2.05) is 13.8 Å². The van der Waals surface area contributed by atoms with E-state index in [1.165, 1.54) is 0 Å². The molecule has 17 heavy (non-hydrogen) atoms. The van der Waals surface area contributed by atoms with E-state index in [0.29, 0.717) is 23.7 Å². The zero-order chi connectivity index (χ0) is 13.1. The molecular formula is C12H19ClN2O2. The second-order valence-electron chi connectivity index (χ2n) is 4.97. The van der Waals surface area contributed by atoms with Gasteiger partial charge in [0.05, 0.1) is 5.02 Å². The molecule has 0 radical (unpaired) electrons. The van der Waals surface area contributed by atoms with Crippen molar-refractivity contribution in [1.29, 1.82) is 0 Å². The number of aromatic nitrogens is 1. The quantitative estimate of drug-likeness (QED) is 0.847. The van der Waals surface area contributed by atoms with Crippen LogP contribution < -0.4 is 5.32 Å². The Hall–Kier alpha value is -1.00. The Balaban J connectivity index is 2.59. The van der Waals surface area contributed by atoms with Gasteiger partial charge in [-0.3, -0.25) is 4.79 Å². The lowest BCUT2D eigenvalue weighted by molar-refractivity contribution is 0.0920. The van der Waals surface area contributed by atoms with Crippen LogP contribution in [0.15, 0.2) is 12.3 Å². The molecule has 0 fully saturated rings. The number of rotatable bonds is 5. The predicted octanol–water partition coefficient (Wildman–Crippen LogP) is 1.82. The van der Waals surface area contributed by atoms with Crippen LogP contribution >= 0.6 is 11.6 Å². The maximum absolute atomic E-state index is 11.9. The Morgan fingerprint density at radius 2 is 2.24 bits per heavy atom. The van der Waals surface area contributed by atoms with Crippen molar-refractivity contribution in [2.45, 2.75) is 20.3 Å². The van der Waals surface area contributed by atoms with Crippen molar-refractivity contribution in [3.8, 4) is 0 Å². The van der Waals surface area contributed by atoms with Gasteiger partial charge in [0.1, 0.15) is 5.69 Å². The fourth-order valence-corrected chi connectivity index (χ4v) is 1.80. The first-order chi connectivity index (χ1) is 7.85. The van der Waals surface area contributed by atoms with E-state index < -0.39 is 0 Å². The molecule has 0 aliphatic heterocycles. The van der Waals surface area contributed by atoms with Crippen LogP contribution in [-0.2, 0) is 7.05 Å². The number of hydrogen-bond donors (Lipinski definition) is 2. The Bertz CT molecular complexity index is 399. The summed E-state index contributed by atoms with van der Waals surface area (Å²) in [5.74, 6) is -0.148. The monoisotopic (exact) mass is 258 g/mol. The van der Waals surface area contributed by atoms with Crippen molar-refractivity contribution in [3.63, 3.8) is 0 Å². The zero-order valence-corrected chi connectivity index (χ0v) is 11.2. The molecule has 0 aliphatic carbocycles. The van der Waals surface area contributed by atoms with Crippen molar-refractivity contribution in [2.24, 2.45) is 12.5 Å². The molecule has 1 aromatic rings. The summed E-state index contributed by atoms with van der Waals surface area (Å²) in [5.41, 5.74) is 0.425. The van der Waals surface area contributed by atoms with Gasteiger partial charge in [-0.25, -0.2) is 0 Å². The van der Waals surface area contributed by atoms with Gasteiger partial charge in [-0.15, -0.1) is 0 Å². The summed E-state index contributed by atoms with van der Waals surface area (Å²) in [6, 6.07) is 1.63. The van der Waals surface area contributed by atoms with Gasteiger partial charge < -0.3 is 15.0 Å². The summed E-state index contributed by atoms with van der Waals surface area (Å²) >= 11 is 5.82. The van der Waals surface area contributed by atoms with Crippen LogP contribution in [-0.4, -0.2) is 28.7 Å². The number of halogens is 1. The molecule has 0 aliphatic rings. The van der Waals surface area contributed by atoms with Crippen LogP contribution in [0.3, 0.4) is 0 Å². The van der Waals surface area contributed by atoms with Crippen LogP contribution in [0.1, 0.15) is 30.8 Å². The fraction of sp³-hybridized carbons (Fsp3) is 0.583. The van der Waals surface area contributed by atoms with E-state index in [-0.39, 0.29) is 17.9 Å². The summed E-state index contributed by atoms with van der Waals surface area (Å²) in [5, 5.41) is 12.3. The van der Waals surface area contributed by atoms with Crippen molar-refractivity contribution in [3.05, 3.63) is 23.0 Å². The molecule has 4 nitrogen and oxygen atoms in total. The van der Waals surface area contributed by atoms with Crippen LogP contribution in [0, 0.1) is 5.41 Å². The summed E-state index contributed by atoms with van der Waals surface area (Å²) in [6.07, 6.45) is 2.34. The molecule has 1 aromatic heterocycles. The van der Waals surface area contributed by atoms with Gasteiger partial charge in [-0.2, -0.15) is 0 Å². The lowest BCUT2D eigenvalue weighted by atomic mass is 9.90. The summed E-state index contributed by atoms with van der Waals surface area (Å²) in [4.78, 5) is 11.9. The molecule has 0 saturated heterocycles. The van der Waals surface area contributed by atoms with Gasteiger partial charge in [0.15, 0.2) is 0 Å². The highest BCUT2D eigenvalue weighted by Gasteiger charge is 2.19. The van der Waals surface area contributed by atoms with Crippen molar-refractivity contribution < 1.29 is 9.90 Å². The first-order valence-electron chi connectivity index (χ1n) is 5.57. The number of carbonyl (C=O) groups excluding carboxylic acids is 1. The van der Waals surface area contributed by atoms with E-state index in [0.717, 1.165) is 0 Å². The SMILES string of the molecule is Cn1cc(Cl)cc1C(=O)NCC(C)(C)CCO. The second kappa shape index (κ2) is 5.56. The Morgan fingerprint density at radius 1 is 1.59 bits per heavy atom. The molecule has 1 rings (SSSR count). The molecule has 5 heteroatoms. The fourth-order valence-electron chi connectivity index (χ4n) is 1.55. The minimum atomic E-state index is -0.148. The normalized spacial score (nSPS) is 11.6. The molecule has 96 valence electrons. The van der Waals surface area contributed by atoms with Gasteiger partial charge in [0.2, 0.25) is 0 Å². The molecular weight excluding hydrogens is 240 g/mol. The summed E-state index contributed by atoms with van der Waals surface area (Å²) in [6.45, 7) is 4.65. The van der Waals surface area contributed by atoms with E-state index in [9.17, 15) is 4.79 Å². The Kier molecular flexibility index (Phi) is 4.60. The largest absolute Gasteiger partial charge is 0.396 e. The standard InChI is InChI=1S/C12H19ClN2O2/c1-12(2,4-5-16)8-14-11(17)10-6-9(13)7-15(10)3/h6-7,16H,4-5,8H2,1-3H3,(H,14,17). The minimum Gasteiger partial charge on any atom is -0.396 e. The van der Waals surface area contributed by atoms with Crippen LogP contribution in [0.2, 0.25) is 5.02 Å². The van der Waals surface area contributed by atoms with E-state index in [1.54, 1.807) is 23.9 Å². The highest BCUT2D eigenvalue weighted by atomic mass is 35.5. The maximum Gasteiger partial charge on any atom is 0.267 e. The number of aliphatic hydroxyl groups excluding tert-OH is 1. The number of nitrogens with one attached hydrogen (secondary N) is 1. The number of amides is 1. The molecule has 0 unspecified atom stereocenters. The van der Waals surface area contributed by atoms with Gasteiger partial charge in [-0.05, 0) is 17.9 Å². The third kappa shape index (κ3) is 4.06. The Morgan fingerprint density at radius 3 is 2.71 bits per heavy atom. The number of hydrogen-bond acceptors (Lipinski definition) is 2. The van der Waals surface area contributed by atoms with Crippen molar-refractivity contribution >= 4 is 17.5 Å². The maximum atomic E-state index is 11.9. The average Bonchev–Trinajstić information content (AvgIpc) is 2.54. The number of carbonyl (C=O) groups is 1. The third-order valence-corrected chi connectivity index (χ3v) is 2.93. The number of aliphatic hydroxyl groups is 1. The van der Waals surface area contributed by atoms with E-state index in [2.05, 4.69) is 5.32 Å². The highest BCUT2D eigenvalue weighted by molar-refractivity contribution is 6.31. The molecule has 0 spiro atoms. The highest BCUT2D eigenvalue weighted by Crippen LogP contribution is 2.18. The first kappa shape index (κ1) is 14.1. The van der Waals surface area contributed by atoms with Gasteiger partial charge in [0, 0.05) is 26.4 Å². The molecule has 1 heterocycles. The van der Waals surface area contributed by atoms with Crippen LogP contribution in [0.5, 0.6) is 0 Å². The number of nitrogens with zero attached hydrogens (tertiary/aromatic N) is 1. The molecule has 2 N–H and O–H groups in total. The molecule has 0 bridgehead atoms. The lowest BCUT2D eigenvalue weighted by Crippen LogP contribution is -2.35. The van der Waals surface area contributed by atoms with Gasteiger partial charge >= 0.3 is 0 Å². The summed E-state index contributed by atoms with van der Waals surface area (Å²) < 4.78 is 1.69.